The molecule has 2 aliphatic rings. The third-order valence-electron chi connectivity index (χ3n) is 5.63. The van der Waals surface area contributed by atoms with Crippen molar-refractivity contribution in [1.29, 1.82) is 0 Å². The molecule has 0 atom stereocenters. The molecule has 3 aromatic rings. The minimum atomic E-state index is -0.0603. The highest BCUT2D eigenvalue weighted by atomic mass is 32.1. The van der Waals surface area contributed by atoms with Gasteiger partial charge >= 0.3 is 0 Å². The van der Waals surface area contributed by atoms with E-state index >= 15 is 0 Å². The number of thiophene rings is 1. The molecule has 10 heteroatoms. The molecular weight excluding hydrogens is 430 g/mol. The summed E-state index contributed by atoms with van der Waals surface area (Å²) < 4.78 is 10.8. The molecule has 0 saturated carbocycles. The van der Waals surface area contributed by atoms with E-state index in [1.54, 1.807) is 6.07 Å². The number of ether oxygens (including phenoxy) is 2. The van der Waals surface area contributed by atoms with E-state index in [0.717, 1.165) is 25.2 Å². The lowest BCUT2D eigenvalue weighted by molar-refractivity contribution is 0.0632. The molecule has 1 saturated heterocycles. The first kappa shape index (κ1) is 20.5. The van der Waals surface area contributed by atoms with Crippen molar-refractivity contribution in [1.82, 2.24) is 25.3 Å². The fraction of sp³-hybridized carbons (Fsp3) is 0.318. The van der Waals surface area contributed by atoms with Gasteiger partial charge in [-0.05, 0) is 35.7 Å². The second kappa shape index (κ2) is 9.01. The topological polar surface area (TPSA) is 99.8 Å². The molecule has 4 heterocycles. The van der Waals surface area contributed by atoms with Gasteiger partial charge in [0.15, 0.2) is 11.5 Å². The van der Waals surface area contributed by atoms with E-state index in [-0.39, 0.29) is 18.6 Å². The van der Waals surface area contributed by atoms with E-state index in [2.05, 4.69) is 20.4 Å². The van der Waals surface area contributed by atoms with E-state index in [0.29, 0.717) is 48.1 Å². The number of benzene rings is 1. The summed E-state index contributed by atoms with van der Waals surface area (Å²) in [6.07, 6.45) is 0. The van der Waals surface area contributed by atoms with Crippen molar-refractivity contribution in [3.63, 3.8) is 0 Å². The number of hydrogen-bond donors (Lipinski definition) is 2. The second-order valence-electron chi connectivity index (χ2n) is 7.64. The smallest absolute Gasteiger partial charge is 0.271 e. The highest BCUT2D eigenvalue weighted by Crippen LogP contribution is 2.35. The summed E-state index contributed by atoms with van der Waals surface area (Å²) >= 11 is 1.51. The monoisotopic (exact) mass is 453 g/mol. The largest absolute Gasteiger partial charge is 0.454 e. The summed E-state index contributed by atoms with van der Waals surface area (Å²) in [7, 11) is 0. The van der Waals surface area contributed by atoms with Crippen molar-refractivity contribution in [2.24, 2.45) is 0 Å². The number of H-pyrrole nitrogens is 1. The average Bonchev–Trinajstić information content (AvgIpc) is 3.60. The zero-order valence-electron chi connectivity index (χ0n) is 17.4. The van der Waals surface area contributed by atoms with E-state index in [4.69, 9.17) is 9.47 Å². The van der Waals surface area contributed by atoms with Gasteiger partial charge in [0, 0.05) is 55.8 Å². The SMILES string of the molecule is O=C(NCCN1CCN(C(=O)c2cc(-c3ccc4c(c3)OCO4)n[nH]2)CC1)c1ccsc1. The van der Waals surface area contributed by atoms with Gasteiger partial charge < -0.3 is 19.7 Å². The number of piperazine rings is 1. The van der Waals surface area contributed by atoms with Crippen molar-refractivity contribution >= 4 is 23.2 Å². The van der Waals surface area contributed by atoms with Crippen LogP contribution in [-0.4, -0.2) is 77.9 Å². The van der Waals surface area contributed by atoms with Crippen LogP contribution >= 0.6 is 11.3 Å². The number of carbonyl (C=O) groups is 2. The predicted molar refractivity (Wildman–Crippen MR) is 119 cm³/mol. The first-order valence-electron chi connectivity index (χ1n) is 10.4. The lowest BCUT2D eigenvalue weighted by atomic mass is 10.1. The molecule has 1 fully saturated rings. The zero-order chi connectivity index (χ0) is 21.9. The normalized spacial score (nSPS) is 15.7. The number of fused-ring (bicyclic) bond motifs is 1. The molecule has 0 radical (unpaired) electrons. The van der Waals surface area contributed by atoms with Crippen LogP contribution in [0.4, 0.5) is 0 Å². The fourth-order valence-corrected chi connectivity index (χ4v) is 4.44. The summed E-state index contributed by atoms with van der Waals surface area (Å²) in [6.45, 7) is 4.37. The molecule has 0 spiro atoms. The summed E-state index contributed by atoms with van der Waals surface area (Å²) in [5.41, 5.74) is 2.71. The van der Waals surface area contributed by atoms with Gasteiger partial charge in [-0.15, -0.1) is 0 Å². The highest BCUT2D eigenvalue weighted by molar-refractivity contribution is 7.08. The Morgan fingerprint density at radius 2 is 1.94 bits per heavy atom. The summed E-state index contributed by atoms with van der Waals surface area (Å²) in [5.74, 6) is 1.29. The second-order valence-corrected chi connectivity index (χ2v) is 8.42. The van der Waals surface area contributed by atoms with Gasteiger partial charge in [0.25, 0.3) is 11.8 Å². The van der Waals surface area contributed by atoms with E-state index in [1.807, 2.05) is 39.9 Å². The van der Waals surface area contributed by atoms with Crippen LogP contribution in [0.3, 0.4) is 0 Å². The number of carbonyl (C=O) groups excluding carboxylic acids is 2. The Kier molecular flexibility index (Phi) is 5.78. The number of nitrogens with one attached hydrogen (secondary N) is 2. The van der Waals surface area contributed by atoms with Crippen molar-refractivity contribution in [3.05, 3.63) is 52.3 Å². The number of hydrogen-bond acceptors (Lipinski definition) is 7. The molecule has 2 aromatic heterocycles. The summed E-state index contributed by atoms with van der Waals surface area (Å²) in [4.78, 5) is 29.0. The molecule has 32 heavy (non-hydrogen) atoms. The molecule has 2 N–H and O–H groups in total. The molecule has 2 aliphatic heterocycles. The van der Waals surface area contributed by atoms with Gasteiger partial charge in [0.1, 0.15) is 5.69 Å². The van der Waals surface area contributed by atoms with Crippen LogP contribution in [0, 0.1) is 0 Å². The molecule has 1 aromatic carbocycles. The molecule has 2 amide bonds. The standard InChI is InChI=1S/C22H23N5O4S/c28-21(16-3-10-32-13-16)23-4-5-26-6-8-27(9-7-26)22(29)18-12-17(24-25-18)15-1-2-19-20(11-15)31-14-30-19/h1-3,10-13H,4-9,14H2,(H,23,28)(H,24,25). The van der Waals surface area contributed by atoms with Gasteiger partial charge in [-0.2, -0.15) is 16.4 Å². The zero-order valence-corrected chi connectivity index (χ0v) is 18.2. The van der Waals surface area contributed by atoms with Crippen LogP contribution in [0.5, 0.6) is 11.5 Å². The number of aromatic amines is 1. The number of amides is 2. The lowest BCUT2D eigenvalue weighted by Crippen LogP contribution is -2.50. The first-order chi connectivity index (χ1) is 15.7. The maximum atomic E-state index is 12.9. The Balaban J connectivity index is 1.11. The van der Waals surface area contributed by atoms with E-state index < -0.39 is 0 Å². The molecule has 166 valence electrons. The van der Waals surface area contributed by atoms with Crippen LogP contribution in [0.2, 0.25) is 0 Å². The van der Waals surface area contributed by atoms with Crippen molar-refractivity contribution in [3.8, 4) is 22.8 Å². The molecule has 0 unspecified atom stereocenters. The van der Waals surface area contributed by atoms with E-state index in [9.17, 15) is 9.59 Å². The lowest BCUT2D eigenvalue weighted by Gasteiger charge is -2.34. The summed E-state index contributed by atoms with van der Waals surface area (Å²) in [5, 5.41) is 13.8. The van der Waals surface area contributed by atoms with Gasteiger partial charge in [0.2, 0.25) is 6.79 Å². The van der Waals surface area contributed by atoms with Gasteiger partial charge in [-0.3, -0.25) is 19.6 Å². The van der Waals surface area contributed by atoms with Crippen LogP contribution in [0.1, 0.15) is 20.8 Å². The Hall–Kier alpha value is -3.37. The maximum absolute atomic E-state index is 12.9. The highest BCUT2D eigenvalue weighted by Gasteiger charge is 2.24. The van der Waals surface area contributed by atoms with Crippen molar-refractivity contribution in [2.75, 3.05) is 46.1 Å². The molecule has 0 aliphatic carbocycles. The number of nitrogens with zero attached hydrogens (tertiary/aromatic N) is 3. The van der Waals surface area contributed by atoms with Gasteiger partial charge in [-0.1, -0.05) is 0 Å². The Morgan fingerprint density at radius 1 is 1.09 bits per heavy atom. The number of rotatable bonds is 6. The quantitative estimate of drug-likeness (QED) is 0.593. The predicted octanol–water partition coefficient (Wildman–Crippen LogP) is 2.05. The minimum absolute atomic E-state index is 0.0439. The minimum Gasteiger partial charge on any atom is -0.454 e. The third-order valence-corrected chi connectivity index (χ3v) is 6.32. The molecule has 9 nitrogen and oxygen atoms in total. The maximum Gasteiger partial charge on any atom is 0.271 e. The Morgan fingerprint density at radius 3 is 2.75 bits per heavy atom. The first-order valence-corrected chi connectivity index (χ1v) is 11.4. The Labute approximate surface area is 188 Å². The van der Waals surface area contributed by atoms with Gasteiger partial charge in [-0.25, -0.2) is 0 Å². The third kappa shape index (κ3) is 4.32. The van der Waals surface area contributed by atoms with Gasteiger partial charge in [0.05, 0.1) is 5.69 Å². The van der Waals surface area contributed by atoms with Crippen molar-refractivity contribution in [2.45, 2.75) is 0 Å². The fourth-order valence-electron chi connectivity index (χ4n) is 3.80. The molecular formula is C22H23N5O4S. The molecule has 0 bridgehead atoms. The Bertz CT molecular complexity index is 1110. The van der Waals surface area contributed by atoms with Crippen LogP contribution in [0.15, 0.2) is 41.1 Å². The average molecular weight is 454 g/mol. The molecule has 5 rings (SSSR count). The van der Waals surface area contributed by atoms with E-state index in [1.165, 1.54) is 11.3 Å². The van der Waals surface area contributed by atoms with Crippen LogP contribution in [-0.2, 0) is 0 Å². The van der Waals surface area contributed by atoms with Crippen molar-refractivity contribution < 1.29 is 19.1 Å². The summed E-state index contributed by atoms with van der Waals surface area (Å²) in [6, 6.07) is 9.19. The van der Waals surface area contributed by atoms with Crippen LogP contribution < -0.4 is 14.8 Å². The number of aromatic nitrogens is 2. The van der Waals surface area contributed by atoms with Crippen LogP contribution in [0.25, 0.3) is 11.3 Å².